The van der Waals surface area contributed by atoms with Gasteiger partial charge in [-0.25, -0.2) is 0 Å². The maximum absolute atomic E-state index is 11.9. The number of esters is 1. The van der Waals surface area contributed by atoms with Gasteiger partial charge in [-0.1, -0.05) is 0 Å². The fourth-order valence-electron chi connectivity index (χ4n) is 2.09. The Morgan fingerprint density at radius 3 is 2.69 bits per heavy atom. The molecule has 0 saturated carbocycles. The van der Waals surface area contributed by atoms with Gasteiger partial charge in [0, 0.05) is 6.04 Å². The van der Waals surface area contributed by atoms with E-state index in [0.717, 1.165) is 19.4 Å². The third-order valence-electron chi connectivity index (χ3n) is 2.88. The average Bonchev–Trinajstić information content (AvgIpc) is 2.61. The summed E-state index contributed by atoms with van der Waals surface area (Å²) in [5.74, 6) is -0.201. The van der Waals surface area contributed by atoms with Crippen LogP contribution in [0, 0.1) is 0 Å². The first kappa shape index (κ1) is 13.5. The molecule has 0 amide bonds. The van der Waals surface area contributed by atoms with Crippen LogP contribution in [0.3, 0.4) is 0 Å². The Labute approximate surface area is 97.6 Å². The Kier molecular flexibility index (Phi) is 4.33. The van der Waals surface area contributed by atoms with E-state index in [0.29, 0.717) is 0 Å². The minimum Gasteiger partial charge on any atom is -0.459 e. The predicted molar refractivity (Wildman–Crippen MR) is 62.1 cm³/mol. The first-order valence-electron chi connectivity index (χ1n) is 5.94. The average molecular weight is 229 g/mol. The van der Waals surface area contributed by atoms with Gasteiger partial charge in [0.1, 0.15) is 11.6 Å². The van der Waals surface area contributed by atoms with Crippen LogP contribution in [-0.2, 0) is 9.53 Å². The molecule has 1 heterocycles. The van der Waals surface area contributed by atoms with Gasteiger partial charge in [0.2, 0.25) is 0 Å². The molecule has 4 heteroatoms. The Morgan fingerprint density at radius 1 is 1.56 bits per heavy atom. The van der Waals surface area contributed by atoms with E-state index < -0.39 is 5.60 Å². The van der Waals surface area contributed by atoms with Crippen molar-refractivity contribution in [1.82, 2.24) is 4.90 Å². The summed E-state index contributed by atoms with van der Waals surface area (Å²) in [5, 5.41) is 9.21. The van der Waals surface area contributed by atoms with Gasteiger partial charge in [-0.3, -0.25) is 9.69 Å². The van der Waals surface area contributed by atoms with Crippen molar-refractivity contribution < 1.29 is 14.6 Å². The Hall–Kier alpha value is -0.610. The smallest absolute Gasteiger partial charge is 0.323 e. The van der Waals surface area contributed by atoms with Gasteiger partial charge in [0.25, 0.3) is 0 Å². The van der Waals surface area contributed by atoms with Crippen LogP contribution in [-0.4, -0.2) is 46.8 Å². The highest BCUT2D eigenvalue weighted by atomic mass is 16.6. The van der Waals surface area contributed by atoms with Crippen LogP contribution >= 0.6 is 0 Å². The van der Waals surface area contributed by atoms with Gasteiger partial charge in [-0.15, -0.1) is 0 Å². The number of carbonyl (C=O) groups excluding carboxylic acids is 1. The lowest BCUT2D eigenvalue weighted by Gasteiger charge is -2.30. The number of carbonyl (C=O) groups is 1. The SMILES string of the molecule is C[C@H](C(=O)OC(C)(C)C)N1CCC[C@H]1CO. The molecule has 1 rings (SSSR count). The number of hydrogen-bond donors (Lipinski definition) is 1. The van der Waals surface area contributed by atoms with Crippen LogP contribution in [0.4, 0.5) is 0 Å². The fourth-order valence-corrected chi connectivity index (χ4v) is 2.09. The van der Waals surface area contributed by atoms with E-state index in [4.69, 9.17) is 4.74 Å². The number of rotatable bonds is 3. The van der Waals surface area contributed by atoms with Crippen LogP contribution in [0.2, 0.25) is 0 Å². The molecule has 1 aliphatic rings. The van der Waals surface area contributed by atoms with Gasteiger partial charge < -0.3 is 9.84 Å². The zero-order valence-corrected chi connectivity index (χ0v) is 10.7. The van der Waals surface area contributed by atoms with Crippen molar-refractivity contribution in [3.63, 3.8) is 0 Å². The lowest BCUT2D eigenvalue weighted by Crippen LogP contribution is -2.46. The highest BCUT2D eigenvalue weighted by Gasteiger charge is 2.33. The maximum atomic E-state index is 11.9. The van der Waals surface area contributed by atoms with Crippen molar-refractivity contribution in [2.75, 3.05) is 13.2 Å². The fraction of sp³-hybridized carbons (Fsp3) is 0.917. The number of likely N-dealkylation sites (tertiary alicyclic amines) is 1. The quantitative estimate of drug-likeness (QED) is 0.738. The summed E-state index contributed by atoms with van der Waals surface area (Å²) in [6.45, 7) is 8.43. The van der Waals surface area contributed by atoms with Gasteiger partial charge >= 0.3 is 5.97 Å². The van der Waals surface area contributed by atoms with E-state index in [1.165, 1.54) is 0 Å². The third kappa shape index (κ3) is 3.46. The molecule has 0 aromatic carbocycles. The number of aliphatic hydroxyl groups excluding tert-OH is 1. The number of nitrogens with zero attached hydrogens (tertiary/aromatic N) is 1. The molecule has 4 nitrogen and oxygen atoms in total. The van der Waals surface area contributed by atoms with E-state index in [1.54, 1.807) is 0 Å². The summed E-state index contributed by atoms with van der Waals surface area (Å²) in [6.07, 6.45) is 2.00. The van der Waals surface area contributed by atoms with E-state index >= 15 is 0 Å². The summed E-state index contributed by atoms with van der Waals surface area (Å²) in [5.41, 5.74) is -0.445. The molecule has 94 valence electrons. The molecule has 1 N–H and O–H groups in total. The minimum atomic E-state index is -0.445. The highest BCUT2D eigenvalue weighted by Crippen LogP contribution is 2.21. The van der Waals surface area contributed by atoms with Crippen molar-refractivity contribution >= 4 is 5.97 Å². The molecular formula is C12H23NO3. The standard InChI is InChI=1S/C12H23NO3/c1-9(11(15)16-12(2,3)4)13-7-5-6-10(13)8-14/h9-10,14H,5-8H2,1-4H3/t9-,10+/m1/s1. The number of ether oxygens (including phenoxy) is 1. The van der Waals surface area contributed by atoms with Gasteiger partial charge in [-0.2, -0.15) is 0 Å². The number of hydrogen-bond acceptors (Lipinski definition) is 4. The highest BCUT2D eigenvalue weighted by molar-refractivity contribution is 5.75. The third-order valence-corrected chi connectivity index (χ3v) is 2.88. The zero-order valence-electron chi connectivity index (χ0n) is 10.7. The Bertz CT molecular complexity index is 247. The molecule has 16 heavy (non-hydrogen) atoms. The monoisotopic (exact) mass is 229 g/mol. The Morgan fingerprint density at radius 2 is 2.19 bits per heavy atom. The molecule has 1 fully saturated rings. The van der Waals surface area contributed by atoms with Gasteiger partial charge in [0.15, 0.2) is 0 Å². The summed E-state index contributed by atoms with van der Waals surface area (Å²) in [7, 11) is 0. The molecule has 1 aliphatic heterocycles. The molecule has 0 spiro atoms. The van der Waals surface area contributed by atoms with Crippen molar-refractivity contribution in [2.24, 2.45) is 0 Å². The van der Waals surface area contributed by atoms with Crippen LogP contribution in [0.25, 0.3) is 0 Å². The molecule has 0 bridgehead atoms. The van der Waals surface area contributed by atoms with E-state index in [1.807, 2.05) is 32.6 Å². The van der Waals surface area contributed by atoms with Crippen molar-refractivity contribution in [3.05, 3.63) is 0 Å². The van der Waals surface area contributed by atoms with Crippen molar-refractivity contribution in [2.45, 2.75) is 58.2 Å². The maximum Gasteiger partial charge on any atom is 0.323 e. The largest absolute Gasteiger partial charge is 0.459 e. The van der Waals surface area contributed by atoms with E-state index in [9.17, 15) is 9.90 Å². The first-order chi connectivity index (χ1) is 7.35. The normalized spacial score (nSPS) is 24.4. The predicted octanol–water partition coefficient (Wildman–Crippen LogP) is 1.17. The summed E-state index contributed by atoms with van der Waals surface area (Å²) >= 11 is 0. The molecule has 0 radical (unpaired) electrons. The molecule has 1 saturated heterocycles. The second-order valence-electron chi connectivity index (χ2n) is 5.43. The molecule has 0 unspecified atom stereocenters. The summed E-state index contributed by atoms with van der Waals surface area (Å²) in [6, 6.07) is -0.151. The van der Waals surface area contributed by atoms with Crippen molar-refractivity contribution in [3.8, 4) is 0 Å². The van der Waals surface area contributed by atoms with Crippen LogP contribution in [0.1, 0.15) is 40.5 Å². The molecule has 2 atom stereocenters. The van der Waals surface area contributed by atoms with E-state index in [2.05, 4.69) is 0 Å². The van der Waals surface area contributed by atoms with Crippen LogP contribution in [0.15, 0.2) is 0 Å². The second-order valence-corrected chi connectivity index (χ2v) is 5.43. The lowest BCUT2D eigenvalue weighted by atomic mass is 10.1. The topological polar surface area (TPSA) is 49.8 Å². The van der Waals surface area contributed by atoms with E-state index in [-0.39, 0.29) is 24.7 Å². The number of aliphatic hydroxyl groups is 1. The first-order valence-corrected chi connectivity index (χ1v) is 5.94. The zero-order chi connectivity index (χ0) is 12.3. The summed E-state index contributed by atoms with van der Waals surface area (Å²) < 4.78 is 5.34. The summed E-state index contributed by atoms with van der Waals surface area (Å²) in [4.78, 5) is 13.9. The molecular weight excluding hydrogens is 206 g/mol. The lowest BCUT2D eigenvalue weighted by molar-refractivity contribution is -0.161. The Balaban J connectivity index is 2.56. The molecule has 0 aliphatic carbocycles. The second kappa shape index (κ2) is 5.15. The van der Waals surface area contributed by atoms with Crippen molar-refractivity contribution in [1.29, 1.82) is 0 Å². The van der Waals surface area contributed by atoms with Gasteiger partial charge in [-0.05, 0) is 47.1 Å². The molecule has 0 aromatic rings. The minimum absolute atomic E-state index is 0.113. The van der Waals surface area contributed by atoms with Gasteiger partial charge in [0.05, 0.1) is 6.61 Å². The molecule has 0 aromatic heterocycles. The van der Waals surface area contributed by atoms with Crippen LogP contribution in [0.5, 0.6) is 0 Å². The van der Waals surface area contributed by atoms with Crippen LogP contribution < -0.4 is 0 Å².